The molecule has 1 spiro atoms. The second kappa shape index (κ2) is 7.81. The first-order chi connectivity index (χ1) is 12.1. The molecular formula is C20H28N2O2S. The lowest BCUT2D eigenvalue weighted by Crippen LogP contribution is -2.52. The van der Waals surface area contributed by atoms with Crippen molar-refractivity contribution in [2.45, 2.75) is 44.1 Å². The van der Waals surface area contributed by atoms with Crippen molar-refractivity contribution in [1.29, 1.82) is 0 Å². The van der Waals surface area contributed by atoms with Gasteiger partial charge in [-0.15, -0.1) is 0 Å². The molecule has 25 heavy (non-hydrogen) atoms. The Balaban J connectivity index is 1.62. The van der Waals surface area contributed by atoms with Crippen molar-refractivity contribution in [2.24, 2.45) is 0 Å². The predicted molar refractivity (Wildman–Crippen MR) is 103 cm³/mol. The summed E-state index contributed by atoms with van der Waals surface area (Å²) >= 11 is 1.82. The molecule has 2 aliphatic rings. The summed E-state index contributed by atoms with van der Waals surface area (Å²) in [6.45, 7) is 3.67. The highest BCUT2D eigenvalue weighted by atomic mass is 32.2. The van der Waals surface area contributed by atoms with Gasteiger partial charge in [0.15, 0.2) is 0 Å². The van der Waals surface area contributed by atoms with Crippen LogP contribution in [0.25, 0.3) is 0 Å². The SMILES string of the molecule is CCSCCC(=O)N1CCC2(CC1)C[C@@H](c1ccccc1)C(=O)N2C. The van der Waals surface area contributed by atoms with Crippen LogP contribution in [-0.2, 0) is 9.59 Å². The number of likely N-dealkylation sites (N-methyl/N-ethyl adjacent to an activating group) is 1. The van der Waals surface area contributed by atoms with Gasteiger partial charge in [0.1, 0.15) is 0 Å². The van der Waals surface area contributed by atoms with Crippen LogP contribution >= 0.6 is 11.8 Å². The van der Waals surface area contributed by atoms with Gasteiger partial charge in [-0.2, -0.15) is 11.8 Å². The van der Waals surface area contributed by atoms with E-state index in [1.54, 1.807) is 0 Å². The number of carbonyl (C=O) groups excluding carboxylic acids is 2. The monoisotopic (exact) mass is 360 g/mol. The van der Waals surface area contributed by atoms with E-state index >= 15 is 0 Å². The second-order valence-corrected chi connectivity index (χ2v) is 8.51. The third-order valence-corrected chi connectivity index (χ3v) is 6.74. The van der Waals surface area contributed by atoms with Gasteiger partial charge in [0.05, 0.1) is 5.92 Å². The quantitative estimate of drug-likeness (QED) is 0.758. The fourth-order valence-electron chi connectivity index (χ4n) is 4.19. The Bertz CT molecular complexity index is 611. The lowest BCUT2D eigenvalue weighted by atomic mass is 9.81. The van der Waals surface area contributed by atoms with Gasteiger partial charge in [-0.3, -0.25) is 9.59 Å². The first-order valence-corrected chi connectivity index (χ1v) is 10.4. The van der Waals surface area contributed by atoms with Gasteiger partial charge < -0.3 is 9.80 Å². The van der Waals surface area contributed by atoms with Crippen LogP contribution in [0.3, 0.4) is 0 Å². The molecule has 0 unspecified atom stereocenters. The maximum absolute atomic E-state index is 12.8. The van der Waals surface area contributed by atoms with Crippen molar-refractivity contribution in [3.05, 3.63) is 35.9 Å². The highest BCUT2D eigenvalue weighted by Crippen LogP contribution is 2.44. The number of nitrogens with zero attached hydrogens (tertiary/aromatic N) is 2. The molecule has 2 fully saturated rings. The van der Waals surface area contributed by atoms with Crippen LogP contribution < -0.4 is 0 Å². The average Bonchev–Trinajstić information content (AvgIpc) is 2.88. The molecule has 3 rings (SSSR count). The third kappa shape index (κ3) is 3.71. The van der Waals surface area contributed by atoms with Gasteiger partial charge in [-0.05, 0) is 30.6 Å². The summed E-state index contributed by atoms with van der Waals surface area (Å²) in [5.74, 6) is 2.43. The molecule has 0 N–H and O–H groups in total. The van der Waals surface area contributed by atoms with Gasteiger partial charge in [0, 0.05) is 37.8 Å². The summed E-state index contributed by atoms with van der Waals surface area (Å²) in [4.78, 5) is 29.1. The normalized spacial score (nSPS) is 22.6. The van der Waals surface area contributed by atoms with E-state index in [0.717, 1.165) is 49.4 Å². The lowest BCUT2D eigenvalue weighted by molar-refractivity contribution is -0.135. The molecule has 2 saturated heterocycles. The van der Waals surface area contributed by atoms with E-state index in [0.29, 0.717) is 6.42 Å². The highest BCUT2D eigenvalue weighted by Gasteiger charge is 2.50. The number of hydrogen-bond donors (Lipinski definition) is 0. The summed E-state index contributed by atoms with van der Waals surface area (Å²) in [5.41, 5.74) is 1.04. The standard InChI is InChI=1S/C20H28N2O2S/c1-3-25-14-9-18(23)22-12-10-20(11-13-22)15-17(19(24)21(20)2)16-7-5-4-6-8-16/h4-8,17H,3,9-15H2,1-2H3/t17-/m0/s1. The zero-order valence-electron chi connectivity index (χ0n) is 15.2. The number of hydrogen-bond acceptors (Lipinski definition) is 3. The number of thioether (sulfide) groups is 1. The minimum absolute atomic E-state index is 0.0330. The zero-order chi connectivity index (χ0) is 17.9. The Kier molecular flexibility index (Phi) is 5.72. The van der Waals surface area contributed by atoms with Gasteiger partial charge >= 0.3 is 0 Å². The molecule has 5 heteroatoms. The van der Waals surface area contributed by atoms with Crippen molar-refractivity contribution in [1.82, 2.24) is 9.80 Å². The second-order valence-electron chi connectivity index (χ2n) is 7.12. The smallest absolute Gasteiger partial charge is 0.230 e. The fourth-order valence-corrected chi connectivity index (χ4v) is 4.80. The van der Waals surface area contributed by atoms with Crippen LogP contribution in [0.4, 0.5) is 0 Å². The Hall–Kier alpha value is -1.49. The Morgan fingerprint density at radius 1 is 1.24 bits per heavy atom. The van der Waals surface area contributed by atoms with Crippen LogP contribution in [-0.4, -0.2) is 58.8 Å². The first-order valence-electron chi connectivity index (χ1n) is 9.25. The van der Waals surface area contributed by atoms with Crippen LogP contribution in [0.15, 0.2) is 30.3 Å². The fraction of sp³-hybridized carbons (Fsp3) is 0.600. The van der Waals surface area contributed by atoms with E-state index in [2.05, 4.69) is 19.1 Å². The maximum Gasteiger partial charge on any atom is 0.230 e. The molecule has 0 saturated carbocycles. The number of benzene rings is 1. The van der Waals surface area contributed by atoms with E-state index in [9.17, 15) is 9.59 Å². The van der Waals surface area contributed by atoms with Crippen LogP contribution in [0.2, 0.25) is 0 Å². The molecule has 0 aromatic heterocycles. The minimum Gasteiger partial charge on any atom is -0.342 e. The molecular weight excluding hydrogens is 332 g/mol. The molecule has 2 aliphatic heterocycles. The summed E-state index contributed by atoms with van der Waals surface area (Å²) < 4.78 is 0. The molecule has 0 bridgehead atoms. The van der Waals surface area contributed by atoms with Gasteiger partial charge in [-0.25, -0.2) is 0 Å². The lowest BCUT2D eigenvalue weighted by Gasteiger charge is -2.43. The van der Waals surface area contributed by atoms with Gasteiger partial charge in [0.2, 0.25) is 11.8 Å². The van der Waals surface area contributed by atoms with Crippen LogP contribution in [0.5, 0.6) is 0 Å². The summed E-state index contributed by atoms with van der Waals surface area (Å²) in [7, 11) is 1.95. The Labute approximate surface area is 154 Å². The van der Waals surface area contributed by atoms with E-state index in [-0.39, 0.29) is 23.3 Å². The van der Waals surface area contributed by atoms with Crippen molar-refractivity contribution in [2.75, 3.05) is 31.6 Å². The highest BCUT2D eigenvalue weighted by molar-refractivity contribution is 7.99. The molecule has 4 nitrogen and oxygen atoms in total. The number of piperidine rings is 1. The van der Waals surface area contributed by atoms with E-state index < -0.39 is 0 Å². The molecule has 1 aromatic carbocycles. The number of amides is 2. The van der Waals surface area contributed by atoms with Crippen LogP contribution in [0.1, 0.15) is 44.1 Å². The predicted octanol–water partition coefficient (Wildman–Crippen LogP) is 3.14. The average molecular weight is 361 g/mol. The van der Waals surface area contributed by atoms with E-state index in [4.69, 9.17) is 0 Å². The molecule has 0 radical (unpaired) electrons. The van der Waals surface area contributed by atoms with E-state index in [1.165, 1.54) is 0 Å². The Morgan fingerprint density at radius 3 is 2.56 bits per heavy atom. The summed E-state index contributed by atoms with van der Waals surface area (Å²) in [6, 6.07) is 10.1. The molecule has 0 aliphatic carbocycles. The van der Waals surface area contributed by atoms with Crippen LogP contribution in [0, 0.1) is 0 Å². The number of likely N-dealkylation sites (tertiary alicyclic amines) is 2. The van der Waals surface area contributed by atoms with Crippen molar-refractivity contribution in [3.63, 3.8) is 0 Å². The van der Waals surface area contributed by atoms with Gasteiger partial charge in [0.25, 0.3) is 0 Å². The Morgan fingerprint density at radius 2 is 1.92 bits per heavy atom. The molecule has 2 amide bonds. The minimum atomic E-state index is -0.0768. The maximum atomic E-state index is 12.8. The zero-order valence-corrected chi connectivity index (χ0v) is 16.1. The first kappa shape index (κ1) is 18.3. The van der Waals surface area contributed by atoms with Gasteiger partial charge in [-0.1, -0.05) is 37.3 Å². The third-order valence-electron chi connectivity index (χ3n) is 5.84. The molecule has 1 aromatic rings. The van der Waals surface area contributed by atoms with Crippen molar-refractivity contribution >= 4 is 23.6 Å². The molecule has 136 valence electrons. The largest absolute Gasteiger partial charge is 0.342 e. The number of rotatable bonds is 5. The summed E-state index contributed by atoms with van der Waals surface area (Å²) in [5, 5.41) is 0. The van der Waals surface area contributed by atoms with Crippen molar-refractivity contribution < 1.29 is 9.59 Å². The number of carbonyl (C=O) groups is 2. The van der Waals surface area contributed by atoms with Crippen molar-refractivity contribution in [3.8, 4) is 0 Å². The topological polar surface area (TPSA) is 40.6 Å². The summed E-state index contributed by atoms with van der Waals surface area (Å²) in [6.07, 6.45) is 3.30. The van der Waals surface area contributed by atoms with E-state index in [1.807, 2.05) is 46.8 Å². The molecule has 2 heterocycles. The molecule has 1 atom stereocenters.